The van der Waals surface area contributed by atoms with Crippen molar-refractivity contribution in [2.24, 2.45) is 11.1 Å². The van der Waals surface area contributed by atoms with E-state index in [1.807, 2.05) is 11.8 Å². The number of rotatable bonds is 6. The lowest BCUT2D eigenvalue weighted by molar-refractivity contribution is -0.125. The zero-order valence-electron chi connectivity index (χ0n) is 12.7. The molecule has 2 heterocycles. The predicted molar refractivity (Wildman–Crippen MR) is 79.3 cm³/mol. The van der Waals surface area contributed by atoms with Gasteiger partial charge >= 0.3 is 6.01 Å². The molecule has 0 radical (unpaired) electrons. The molecule has 1 aromatic heterocycles. The standard InChI is InChI=1S/C13H22N6O2/c1-4-6-15-10-16-11(18-12(17-10)21-3)19-7-5-13(2,8-19)9(14)20/h4-8H2,1-3H3,(H2,14,20)(H,15,16,17,18). The summed E-state index contributed by atoms with van der Waals surface area (Å²) in [7, 11) is 1.51. The van der Waals surface area contributed by atoms with Crippen molar-refractivity contribution in [1.82, 2.24) is 15.0 Å². The van der Waals surface area contributed by atoms with Crippen molar-refractivity contribution in [3.05, 3.63) is 0 Å². The first-order valence-electron chi connectivity index (χ1n) is 7.07. The molecule has 1 unspecified atom stereocenters. The Morgan fingerprint density at radius 3 is 2.81 bits per heavy atom. The lowest BCUT2D eigenvalue weighted by Crippen LogP contribution is -2.37. The van der Waals surface area contributed by atoms with Gasteiger partial charge in [0.25, 0.3) is 0 Å². The van der Waals surface area contributed by atoms with Gasteiger partial charge in [0, 0.05) is 19.6 Å². The highest BCUT2D eigenvalue weighted by atomic mass is 16.5. The van der Waals surface area contributed by atoms with E-state index in [0.717, 1.165) is 13.0 Å². The van der Waals surface area contributed by atoms with Crippen molar-refractivity contribution in [2.45, 2.75) is 26.7 Å². The molecule has 0 aromatic carbocycles. The van der Waals surface area contributed by atoms with Crippen molar-refractivity contribution < 1.29 is 9.53 Å². The SMILES string of the molecule is CCCNc1nc(OC)nc(N2CCC(C)(C(N)=O)C2)n1. The first-order chi connectivity index (χ1) is 9.98. The molecule has 1 fully saturated rings. The fourth-order valence-electron chi connectivity index (χ4n) is 2.23. The van der Waals surface area contributed by atoms with Gasteiger partial charge in [-0.2, -0.15) is 15.0 Å². The number of nitrogens with two attached hydrogens (primary N) is 1. The largest absolute Gasteiger partial charge is 0.467 e. The average molecular weight is 294 g/mol. The molecule has 1 aromatic rings. The normalized spacial score (nSPS) is 21.4. The van der Waals surface area contributed by atoms with E-state index < -0.39 is 5.41 Å². The highest BCUT2D eigenvalue weighted by Gasteiger charge is 2.40. The Morgan fingerprint density at radius 1 is 1.48 bits per heavy atom. The molecule has 1 aliphatic rings. The van der Waals surface area contributed by atoms with E-state index in [1.165, 1.54) is 7.11 Å². The van der Waals surface area contributed by atoms with E-state index in [4.69, 9.17) is 10.5 Å². The van der Waals surface area contributed by atoms with Gasteiger partial charge in [-0.25, -0.2) is 0 Å². The number of anilines is 2. The highest BCUT2D eigenvalue weighted by Crippen LogP contribution is 2.32. The average Bonchev–Trinajstić information content (AvgIpc) is 2.89. The summed E-state index contributed by atoms with van der Waals surface area (Å²) in [4.78, 5) is 26.3. The Balaban J connectivity index is 2.21. The quantitative estimate of drug-likeness (QED) is 0.782. The minimum absolute atomic E-state index is 0.256. The Bertz CT molecular complexity index is 523. The van der Waals surface area contributed by atoms with E-state index in [-0.39, 0.29) is 11.9 Å². The Morgan fingerprint density at radius 2 is 2.24 bits per heavy atom. The molecule has 116 valence electrons. The number of methoxy groups -OCH3 is 1. The molecule has 0 spiro atoms. The van der Waals surface area contributed by atoms with Crippen LogP contribution >= 0.6 is 0 Å². The Kier molecular flexibility index (Phi) is 4.44. The maximum Gasteiger partial charge on any atom is 0.322 e. The molecular weight excluding hydrogens is 272 g/mol. The molecule has 0 aliphatic carbocycles. The molecule has 1 saturated heterocycles. The maximum atomic E-state index is 11.5. The number of ether oxygens (including phenoxy) is 1. The van der Waals surface area contributed by atoms with Crippen molar-refractivity contribution in [3.63, 3.8) is 0 Å². The number of nitrogens with one attached hydrogen (secondary N) is 1. The molecule has 1 atom stereocenters. The van der Waals surface area contributed by atoms with E-state index >= 15 is 0 Å². The van der Waals surface area contributed by atoms with Crippen LogP contribution in [0.3, 0.4) is 0 Å². The van der Waals surface area contributed by atoms with Crippen LogP contribution in [0.25, 0.3) is 0 Å². The van der Waals surface area contributed by atoms with Gasteiger partial charge in [-0.05, 0) is 19.8 Å². The molecule has 8 heteroatoms. The van der Waals surface area contributed by atoms with Crippen molar-refractivity contribution in [3.8, 4) is 6.01 Å². The molecule has 0 bridgehead atoms. The summed E-state index contributed by atoms with van der Waals surface area (Å²) in [5.41, 5.74) is 4.92. The molecular formula is C13H22N6O2. The molecule has 21 heavy (non-hydrogen) atoms. The summed E-state index contributed by atoms with van der Waals surface area (Å²) < 4.78 is 5.11. The number of amides is 1. The van der Waals surface area contributed by atoms with Crippen molar-refractivity contribution >= 4 is 17.8 Å². The minimum atomic E-state index is -0.545. The van der Waals surface area contributed by atoms with Gasteiger partial charge < -0.3 is 20.7 Å². The lowest BCUT2D eigenvalue weighted by Gasteiger charge is -2.21. The monoisotopic (exact) mass is 294 g/mol. The number of primary amides is 1. The van der Waals surface area contributed by atoms with Gasteiger partial charge in [-0.1, -0.05) is 6.92 Å². The molecule has 3 N–H and O–H groups in total. The fraction of sp³-hybridized carbons (Fsp3) is 0.692. The first-order valence-corrected chi connectivity index (χ1v) is 7.07. The smallest absolute Gasteiger partial charge is 0.322 e. The van der Waals surface area contributed by atoms with Crippen molar-refractivity contribution in [1.29, 1.82) is 0 Å². The van der Waals surface area contributed by atoms with Gasteiger partial charge in [0.05, 0.1) is 12.5 Å². The maximum absolute atomic E-state index is 11.5. The molecule has 8 nitrogen and oxygen atoms in total. The van der Waals surface area contributed by atoms with Crippen LogP contribution in [0.2, 0.25) is 0 Å². The van der Waals surface area contributed by atoms with Crippen molar-refractivity contribution in [2.75, 3.05) is 37.0 Å². The van der Waals surface area contributed by atoms with Crippen LogP contribution in [0.15, 0.2) is 0 Å². The third-order valence-corrected chi connectivity index (χ3v) is 3.67. The van der Waals surface area contributed by atoms with Crippen LogP contribution < -0.4 is 20.7 Å². The van der Waals surface area contributed by atoms with Gasteiger partial charge in [0.15, 0.2) is 0 Å². The zero-order valence-corrected chi connectivity index (χ0v) is 12.7. The second-order valence-corrected chi connectivity index (χ2v) is 5.47. The van der Waals surface area contributed by atoms with Crippen LogP contribution in [0.4, 0.5) is 11.9 Å². The number of carbonyl (C=O) groups is 1. The predicted octanol–water partition coefficient (Wildman–Crippen LogP) is 0.404. The first kappa shape index (κ1) is 15.3. The summed E-state index contributed by atoms with van der Waals surface area (Å²) in [5, 5.41) is 3.12. The van der Waals surface area contributed by atoms with E-state index in [9.17, 15) is 4.79 Å². The number of hydrogen-bond acceptors (Lipinski definition) is 7. The topological polar surface area (TPSA) is 106 Å². The number of aromatic nitrogens is 3. The summed E-state index contributed by atoms with van der Waals surface area (Å²) in [6.45, 7) is 5.88. The zero-order chi connectivity index (χ0) is 15.5. The summed E-state index contributed by atoms with van der Waals surface area (Å²) in [6, 6.07) is 0.256. The van der Waals surface area contributed by atoms with Crippen LogP contribution in [0.1, 0.15) is 26.7 Å². The van der Waals surface area contributed by atoms with E-state index in [2.05, 4.69) is 27.2 Å². The summed E-state index contributed by atoms with van der Waals surface area (Å²) >= 11 is 0. The fourth-order valence-corrected chi connectivity index (χ4v) is 2.23. The summed E-state index contributed by atoms with van der Waals surface area (Å²) in [5.74, 6) is 0.687. The van der Waals surface area contributed by atoms with Gasteiger partial charge in [0.2, 0.25) is 17.8 Å². The number of hydrogen-bond donors (Lipinski definition) is 2. The third kappa shape index (κ3) is 3.32. The van der Waals surface area contributed by atoms with Crippen LogP contribution in [0.5, 0.6) is 6.01 Å². The summed E-state index contributed by atoms with van der Waals surface area (Å²) in [6.07, 6.45) is 1.65. The molecule has 1 amide bonds. The lowest BCUT2D eigenvalue weighted by atomic mass is 9.89. The van der Waals surface area contributed by atoms with Gasteiger partial charge in [-0.15, -0.1) is 0 Å². The van der Waals surface area contributed by atoms with E-state index in [0.29, 0.717) is 31.4 Å². The van der Waals surface area contributed by atoms with Gasteiger partial charge in [0.1, 0.15) is 0 Å². The Labute approximate surface area is 124 Å². The molecule has 0 saturated carbocycles. The van der Waals surface area contributed by atoms with Gasteiger partial charge in [-0.3, -0.25) is 4.79 Å². The second-order valence-electron chi connectivity index (χ2n) is 5.47. The Hall–Kier alpha value is -2.12. The van der Waals surface area contributed by atoms with Crippen LogP contribution in [-0.2, 0) is 4.79 Å². The third-order valence-electron chi connectivity index (χ3n) is 3.67. The molecule has 1 aliphatic heterocycles. The van der Waals surface area contributed by atoms with E-state index in [1.54, 1.807) is 0 Å². The molecule has 2 rings (SSSR count). The van der Waals surface area contributed by atoms with Crippen LogP contribution in [-0.4, -0.2) is 47.6 Å². The number of carbonyl (C=O) groups excluding carboxylic acids is 1. The van der Waals surface area contributed by atoms with Crippen LogP contribution in [0, 0.1) is 5.41 Å². The minimum Gasteiger partial charge on any atom is -0.467 e. The second kappa shape index (κ2) is 6.11. The number of nitrogens with zero attached hydrogens (tertiary/aromatic N) is 4. The highest BCUT2D eigenvalue weighted by molar-refractivity contribution is 5.81.